The molecule has 0 aromatic rings. The molecule has 0 aromatic carbocycles. The van der Waals surface area contributed by atoms with Crippen molar-refractivity contribution in [1.29, 1.82) is 0 Å². The maximum atomic E-state index is 13.3. The molecule has 2 atom stereocenters. The first kappa shape index (κ1) is 19.1. The van der Waals surface area contributed by atoms with Crippen molar-refractivity contribution < 1.29 is 8.78 Å². The second-order valence-electron chi connectivity index (χ2n) is 7.51. The quantitative estimate of drug-likeness (QED) is 0.293. The molecule has 0 saturated heterocycles. The molecule has 0 radical (unpaired) electrons. The highest BCUT2D eigenvalue weighted by atomic mass is 79.9. The summed E-state index contributed by atoms with van der Waals surface area (Å²) in [5, 5.41) is 0. The normalized spacial score (nSPS) is 35.7. The molecule has 0 nitrogen and oxygen atoms in total. The molecule has 2 aliphatic carbocycles. The fourth-order valence-corrected chi connectivity index (χ4v) is 5.76. The fraction of sp³-hybridized carbons (Fsp3) is 1.00. The van der Waals surface area contributed by atoms with Crippen molar-refractivity contribution in [2.24, 2.45) is 23.7 Å². The molecule has 2 aliphatic rings. The molecule has 130 valence electrons. The van der Waals surface area contributed by atoms with E-state index in [1.165, 1.54) is 51.4 Å². The molecule has 2 unspecified atom stereocenters. The number of unbranched alkanes of at least 4 members (excludes halogenated alkanes) is 2. The molecule has 0 amide bonds. The standard InChI is InChI=1S/C18H30Br2F2/c1-2-3-4-5-13-6-8-14(9-7-13)15-10-11-18(19,20)16(12-15)17(21)22/h13-17H,2-12H2,1H3/t13-,14-,15?,16?. The highest BCUT2D eigenvalue weighted by molar-refractivity contribution is 9.25. The number of halogens is 4. The lowest BCUT2D eigenvalue weighted by atomic mass is 9.68. The second-order valence-corrected chi connectivity index (χ2v) is 11.4. The number of alkyl halides is 4. The van der Waals surface area contributed by atoms with Crippen LogP contribution in [0.2, 0.25) is 0 Å². The van der Waals surface area contributed by atoms with Gasteiger partial charge < -0.3 is 0 Å². The van der Waals surface area contributed by atoms with E-state index in [4.69, 9.17) is 0 Å². The highest BCUT2D eigenvalue weighted by Crippen LogP contribution is 2.53. The predicted octanol–water partition coefficient (Wildman–Crippen LogP) is 7.54. The minimum Gasteiger partial charge on any atom is -0.210 e. The van der Waals surface area contributed by atoms with Gasteiger partial charge in [0.2, 0.25) is 6.43 Å². The van der Waals surface area contributed by atoms with Crippen LogP contribution in [-0.2, 0) is 0 Å². The van der Waals surface area contributed by atoms with E-state index in [0.29, 0.717) is 18.3 Å². The largest absolute Gasteiger partial charge is 0.243 e. The number of hydrogen-bond acceptors (Lipinski definition) is 0. The summed E-state index contributed by atoms with van der Waals surface area (Å²) in [4.78, 5) is 0. The van der Waals surface area contributed by atoms with Crippen LogP contribution in [0.1, 0.15) is 77.6 Å². The van der Waals surface area contributed by atoms with Gasteiger partial charge in [0.25, 0.3) is 0 Å². The first-order valence-corrected chi connectivity index (χ1v) is 10.7. The first-order chi connectivity index (χ1) is 10.4. The molecule has 0 bridgehead atoms. The molecular weight excluding hydrogens is 414 g/mol. The third-order valence-electron chi connectivity index (χ3n) is 6.03. The second kappa shape index (κ2) is 8.78. The Hall–Kier alpha value is 0.820. The van der Waals surface area contributed by atoms with Gasteiger partial charge in [0.1, 0.15) is 0 Å². The van der Waals surface area contributed by atoms with Gasteiger partial charge in [-0.3, -0.25) is 0 Å². The van der Waals surface area contributed by atoms with Gasteiger partial charge in [0, 0.05) is 5.92 Å². The third kappa shape index (κ3) is 5.16. The average molecular weight is 444 g/mol. The topological polar surface area (TPSA) is 0 Å². The lowest BCUT2D eigenvalue weighted by molar-refractivity contribution is 0.0254. The van der Waals surface area contributed by atoms with Crippen LogP contribution in [0.15, 0.2) is 0 Å². The lowest BCUT2D eigenvalue weighted by Crippen LogP contribution is -2.39. The summed E-state index contributed by atoms with van der Waals surface area (Å²) in [5.74, 6) is 1.57. The highest BCUT2D eigenvalue weighted by Gasteiger charge is 2.46. The van der Waals surface area contributed by atoms with E-state index < -0.39 is 15.6 Å². The van der Waals surface area contributed by atoms with Crippen LogP contribution in [0.5, 0.6) is 0 Å². The van der Waals surface area contributed by atoms with Gasteiger partial charge >= 0.3 is 0 Å². The Morgan fingerprint density at radius 3 is 2.27 bits per heavy atom. The number of rotatable bonds is 6. The van der Waals surface area contributed by atoms with Gasteiger partial charge in [0.15, 0.2) is 0 Å². The van der Waals surface area contributed by atoms with E-state index in [9.17, 15) is 8.78 Å². The van der Waals surface area contributed by atoms with Crippen molar-refractivity contribution in [3.05, 3.63) is 0 Å². The van der Waals surface area contributed by atoms with E-state index in [2.05, 4.69) is 38.8 Å². The maximum Gasteiger partial charge on any atom is 0.243 e. The van der Waals surface area contributed by atoms with Crippen LogP contribution in [-0.4, -0.2) is 9.66 Å². The van der Waals surface area contributed by atoms with Crippen LogP contribution in [0.3, 0.4) is 0 Å². The summed E-state index contributed by atoms with van der Waals surface area (Å²) in [5.41, 5.74) is 0. The molecular formula is C18H30Br2F2. The van der Waals surface area contributed by atoms with Crippen LogP contribution in [0.4, 0.5) is 8.78 Å². The zero-order chi connectivity index (χ0) is 16.2. The van der Waals surface area contributed by atoms with E-state index >= 15 is 0 Å². The van der Waals surface area contributed by atoms with Gasteiger partial charge in [-0.05, 0) is 49.9 Å². The molecule has 4 heteroatoms. The van der Waals surface area contributed by atoms with Crippen molar-refractivity contribution in [2.45, 2.75) is 87.2 Å². The summed E-state index contributed by atoms with van der Waals surface area (Å²) in [6.45, 7) is 2.26. The van der Waals surface area contributed by atoms with Crippen molar-refractivity contribution in [1.82, 2.24) is 0 Å². The van der Waals surface area contributed by atoms with E-state index in [1.54, 1.807) is 0 Å². The SMILES string of the molecule is CCCCC[C@H]1CC[C@H](C2CCC(Br)(Br)C(C(F)F)C2)CC1. The molecule has 2 rings (SSSR count). The van der Waals surface area contributed by atoms with E-state index in [-0.39, 0.29) is 0 Å². The van der Waals surface area contributed by atoms with Gasteiger partial charge in [-0.25, -0.2) is 8.78 Å². The van der Waals surface area contributed by atoms with Crippen molar-refractivity contribution in [2.75, 3.05) is 0 Å². The van der Waals surface area contributed by atoms with Crippen LogP contribution in [0.25, 0.3) is 0 Å². The lowest BCUT2D eigenvalue weighted by Gasteiger charge is -2.43. The molecule has 0 spiro atoms. The summed E-state index contributed by atoms with van der Waals surface area (Å²) in [7, 11) is 0. The zero-order valence-corrected chi connectivity index (χ0v) is 16.8. The predicted molar refractivity (Wildman–Crippen MR) is 97.0 cm³/mol. The monoisotopic (exact) mass is 442 g/mol. The summed E-state index contributed by atoms with van der Waals surface area (Å²) < 4.78 is 26.1. The summed E-state index contributed by atoms with van der Waals surface area (Å²) >= 11 is 6.98. The molecule has 0 aromatic heterocycles. The van der Waals surface area contributed by atoms with Crippen molar-refractivity contribution in [3.8, 4) is 0 Å². The summed E-state index contributed by atoms with van der Waals surface area (Å²) in [6.07, 6.45) is 11.0. The fourth-order valence-electron chi connectivity index (χ4n) is 4.53. The van der Waals surface area contributed by atoms with Gasteiger partial charge in [0.05, 0.1) is 3.23 Å². The van der Waals surface area contributed by atoms with Crippen LogP contribution >= 0.6 is 31.9 Å². The Balaban J connectivity index is 1.79. The molecule has 2 fully saturated rings. The Kier molecular flexibility index (Phi) is 7.64. The zero-order valence-electron chi connectivity index (χ0n) is 13.7. The minimum atomic E-state index is -2.23. The third-order valence-corrected chi connectivity index (χ3v) is 7.99. The smallest absolute Gasteiger partial charge is 0.210 e. The molecule has 22 heavy (non-hydrogen) atoms. The Morgan fingerprint density at radius 1 is 1.00 bits per heavy atom. The van der Waals surface area contributed by atoms with E-state index in [1.807, 2.05) is 0 Å². The Bertz CT molecular complexity index is 325. The molecule has 2 saturated carbocycles. The Morgan fingerprint density at radius 2 is 1.68 bits per heavy atom. The number of hydrogen-bond donors (Lipinski definition) is 0. The van der Waals surface area contributed by atoms with Crippen molar-refractivity contribution >= 4 is 31.9 Å². The van der Waals surface area contributed by atoms with E-state index in [0.717, 1.165) is 18.8 Å². The molecule has 0 N–H and O–H groups in total. The summed E-state index contributed by atoms with van der Waals surface area (Å²) in [6, 6.07) is 0. The molecule has 0 aliphatic heterocycles. The minimum absolute atomic E-state index is 0.513. The van der Waals surface area contributed by atoms with Crippen LogP contribution in [0, 0.1) is 23.7 Å². The van der Waals surface area contributed by atoms with Gasteiger partial charge in [-0.1, -0.05) is 77.3 Å². The van der Waals surface area contributed by atoms with Crippen LogP contribution < -0.4 is 0 Å². The average Bonchev–Trinajstić information content (AvgIpc) is 2.48. The van der Waals surface area contributed by atoms with Gasteiger partial charge in [-0.2, -0.15) is 0 Å². The maximum absolute atomic E-state index is 13.3. The molecule has 0 heterocycles. The van der Waals surface area contributed by atoms with Gasteiger partial charge in [-0.15, -0.1) is 0 Å². The van der Waals surface area contributed by atoms with Crippen molar-refractivity contribution in [3.63, 3.8) is 0 Å². The Labute approximate surface area is 151 Å². The first-order valence-electron chi connectivity index (χ1n) is 9.10.